The molecule has 9 nitrogen and oxygen atoms in total. The molecule has 0 bridgehead atoms. The highest BCUT2D eigenvalue weighted by Crippen LogP contribution is 2.36. The monoisotopic (exact) mass is 412 g/mol. The van der Waals surface area contributed by atoms with E-state index in [2.05, 4.69) is 20.2 Å². The summed E-state index contributed by atoms with van der Waals surface area (Å²) < 4.78 is 0. The van der Waals surface area contributed by atoms with Gasteiger partial charge in [-0.05, 0) is 18.2 Å². The van der Waals surface area contributed by atoms with Crippen molar-refractivity contribution in [2.24, 2.45) is 0 Å². The molecule has 0 aliphatic carbocycles. The van der Waals surface area contributed by atoms with Gasteiger partial charge in [-0.15, -0.1) is 0 Å². The zero-order valence-corrected chi connectivity index (χ0v) is 15.8. The van der Waals surface area contributed by atoms with Crippen molar-refractivity contribution in [2.75, 3.05) is 49.5 Å². The second-order valence-electron chi connectivity index (χ2n) is 5.95. The third-order valence-electron chi connectivity index (χ3n) is 4.26. The SMILES string of the molecule is O=[N+]([O-])c1c(Nc2ccc(Cl)cc2Cl)ncnc1N1CCN(CCO)CC1. The number of nitrogens with one attached hydrogen (secondary N) is 1. The van der Waals surface area contributed by atoms with Crippen molar-refractivity contribution in [2.45, 2.75) is 0 Å². The Hall–Kier alpha value is -2.20. The minimum Gasteiger partial charge on any atom is -0.395 e. The van der Waals surface area contributed by atoms with Crippen molar-refractivity contribution in [3.05, 3.63) is 44.7 Å². The molecule has 3 rings (SSSR count). The van der Waals surface area contributed by atoms with Crippen LogP contribution in [0.15, 0.2) is 24.5 Å². The third-order valence-corrected chi connectivity index (χ3v) is 4.81. The van der Waals surface area contributed by atoms with E-state index in [9.17, 15) is 10.1 Å². The number of aromatic nitrogens is 2. The number of β-amino-alcohol motifs (C(OH)–C–C–N with tert-alkyl or cyclic N) is 1. The number of rotatable bonds is 6. The molecule has 1 aliphatic rings. The molecule has 144 valence electrons. The third kappa shape index (κ3) is 4.56. The summed E-state index contributed by atoms with van der Waals surface area (Å²) >= 11 is 12.0. The van der Waals surface area contributed by atoms with E-state index in [1.165, 1.54) is 6.33 Å². The normalized spacial score (nSPS) is 15.0. The quantitative estimate of drug-likeness (QED) is 0.550. The molecule has 0 atom stereocenters. The topological polar surface area (TPSA) is 108 Å². The smallest absolute Gasteiger partial charge is 0.353 e. The molecule has 1 aromatic heterocycles. The van der Waals surface area contributed by atoms with Crippen LogP contribution < -0.4 is 10.2 Å². The van der Waals surface area contributed by atoms with Crippen LogP contribution in [0.3, 0.4) is 0 Å². The van der Waals surface area contributed by atoms with Crippen LogP contribution in [0.4, 0.5) is 23.0 Å². The number of piperazine rings is 1. The van der Waals surface area contributed by atoms with Crippen LogP contribution in [0.25, 0.3) is 0 Å². The lowest BCUT2D eigenvalue weighted by atomic mass is 10.2. The minimum absolute atomic E-state index is 0.0620. The van der Waals surface area contributed by atoms with Crippen LogP contribution in [0.5, 0.6) is 0 Å². The van der Waals surface area contributed by atoms with Gasteiger partial charge in [0, 0.05) is 37.7 Å². The van der Waals surface area contributed by atoms with Crippen molar-refractivity contribution in [1.82, 2.24) is 14.9 Å². The fraction of sp³-hybridized carbons (Fsp3) is 0.375. The lowest BCUT2D eigenvalue weighted by Crippen LogP contribution is -2.47. The molecule has 1 saturated heterocycles. The fourth-order valence-electron chi connectivity index (χ4n) is 2.90. The maximum atomic E-state index is 11.7. The van der Waals surface area contributed by atoms with Gasteiger partial charge in [-0.1, -0.05) is 23.2 Å². The number of hydrogen-bond donors (Lipinski definition) is 2. The van der Waals surface area contributed by atoms with Crippen LogP contribution in [0.1, 0.15) is 0 Å². The van der Waals surface area contributed by atoms with E-state index in [4.69, 9.17) is 28.3 Å². The number of aliphatic hydroxyl groups excluding tert-OH is 1. The molecule has 0 amide bonds. The molecule has 1 aliphatic heterocycles. The average Bonchev–Trinajstić information content (AvgIpc) is 2.64. The molecule has 0 spiro atoms. The maximum Gasteiger partial charge on any atom is 0.353 e. The molecule has 0 radical (unpaired) electrons. The predicted molar refractivity (Wildman–Crippen MR) is 104 cm³/mol. The standard InChI is InChI=1S/C16H18Cl2N6O3/c17-11-1-2-13(12(18)9-11)21-15-14(24(26)27)16(20-10-19-15)23-5-3-22(4-6-23)7-8-25/h1-2,9-10,25H,3-8H2,(H,19,20,21). The summed E-state index contributed by atoms with van der Waals surface area (Å²) in [7, 11) is 0. The van der Waals surface area contributed by atoms with Gasteiger partial charge in [-0.3, -0.25) is 15.0 Å². The van der Waals surface area contributed by atoms with E-state index >= 15 is 0 Å². The van der Waals surface area contributed by atoms with E-state index in [0.717, 1.165) is 0 Å². The zero-order valence-electron chi connectivity index (χ0n) is 14.3. The number of aliphatic hydroxyl groups is 1. The average molecular weight is 413 g/mol. The Morgan fingerprint density at radius 2 is 1.96 bits per heavy atom. The van der Waals surface area contributed by atoms with Crippen LogP contribution in [0.2, 0.25) is 10.0 Å². The number of anilines is 3. The Kier molecular flexibility index (Phi) is 6.27. The molecule has 0 saturated carbocycles. The first-order valence-electron chi connectivity index (χ1n) is 8.29. The Balaban J connectivity index is 1.88. The van der Waals surface area contributed by atoms with Crippen molar-refractivity contribution in [3.8, 4) is 0 Å². The van der Waals surface area contributed by atoms with Gasteiger partial charge in [-0.2, -0.15) is 0 Å². The van der Waals surface area contributed by atoms with Gasteiger partial charge in [0.05, 0.1) is 22.2 Å². The van der Waals surface area contributed by atoms with E-state index in [-0.39, 0.29) is 23.9 Å². The lowest BCUT2D eigenvalue weighted by Gasteiger charge is -2.34. The second kappa shape index (κ2) is 8.66. The van der Waals surface area contributed by atoms with Crippen molar-refractivity contribution >= 4 is 46.2 Å². The van der Waals surface area contributed by atoms with Gasteiger partial charge in [0.15, 0.2) is 0 Å². The summed E-state index contributed by atoms with van der Waals surface area (Å²) in [5.74, 6) is 0.318. The number of benzene rings is 1. The molecular formula is C16H18Cl2N6O3. The van der Waals surface area contributed by atoms with Crippen molar-refractivity contribution in [1.29, 1.82) is 0 Å². The van der Waals surface area contributed by atoms with Gasteiger partial charge in [0.25, 0.3) is 0 Å². The molecule has 1 fully saturated rings. The van der Waals surface area contributed by atoms with E-state index in [1.54, 1.807) is 18.2 Å². The van der Waals surface area contributed by atoms with Crippen LogP contribution in [0, 0.1) is 10.1 Å². The summed E-state index contributed by atoms with van der Waals surface area (Å²) in [6.45, 7) is 3.18. The summed E-state index contributed by atoms with van der Waals surface area (Å²) in [6, 6.07) is 4.80. The van der Waals surface area contributed by atoms with Crippen LogP contribution in [-0.4, -0.2) is 64.2 Å². The minimum atomic E-state index is -0.498. The Morgan fingerprint density at radius 1 is 1.22 bits per heavy atom. The first kappa shape index (κ1) is 19.6. The van der Waals surface area contributed by atoms with Gasteiger partial charge in [0.2, 0.25) is 11.6 Å². The zero-order chi connectivity index (χ0) is 19.4. The van der Waals surface area contributed by atoms with E-state index in [0.29, 0.717) is 48.5 Å². The van der Waals surface area contributed by atoms with Gasteiger partial charge < -0.3 is 15.3 Å². The van der Waals surface area contributed by atoms with E-state index < -0.39 is 4.92 Å². The van der Waals surface area contributed by atoms with Gasteiger partial charge in [0.1, 0.15) is 6.33 Å². The first-order chi connectivity index (χ1) is 13.0. The maximum absolute atomic E-state index is 11.7. The lowest BCUT2D eigenvalue weighted by molar-refractivity contribution is -0.383. The van der Waals surface area contributed by atoms with Crippen molar-refractivity contribution < 1.29 is 10.0 Å². The molecule has 2 heterocycles. The molecular weight excluding hydrogens is 395 g/mol. The first-order valence-corrected chi connectivity index (χ1v) is 9.05. The van der Waals surface area contributed by atoms with Crippen molar-refractivity contribution in [3.63, 3.8) is 0 Å². The van der Waals surface area contributed by atoms with Gasteiger partial charge in [-0.25, -0.2) is 9.97 Å². The molecule has 0 unspecified atom stereocenters. The summed E-state index contributed by atoms with van der Waals surface area (Å²) in [5.41, 5.74) is 0.251. The predicted octanol–water partition coefficient (Wildman–Crippen LogP) is 2.55. The van der Waals surface area contributed by atoms with E-state index in [1.807, 2.05) is 4.90 Å². The Morgan fingerprint density at radius 3 is 2.59 bits per heavy atom. The number of nitrogens with zero attached hydrogens (tertiary/aromatic N) is 5. The summed E-state index contributed by atoms with van der Waals surface area (Å²) in [5, 5.41) is 24.5. The molecule has 11 heteroatoms. The number of nitro groups is 1. The summed E-state index contributed by atoms with van der Waals surface area (Å²) in [4.78, 5) is 23.4. The highest BCUT2D eigenvalue weighted by atomic mass is 35.5. The highest BCUT2D eigenvalue weighted by molar-refractivity contribution is 6.36. The largest absolute Gasteiger partial charge is 0.395 e. The molecule has 2 aromatic rings. The second-order valence-corrected chi connectivity index (χ2v) is 6.80. The number of hydrogen-bond acceptors (Lipinski definition) is 8. The molecule has 27 heavy (non-hydrogen) atoms. The summed E-state index contributed by atoms with van der Waals surface area (Å²) in [6.07, 6.45) is 1.29. The molecule has 2 N–H and O–H groups in total. The highest BCUT2D eigenvalue weighted by Gasteiger charge is 2.29. The number of halogens is 2. The van der Waals surface area contributed by atoms with Gasteiger partial charge >= 0.3 is 5.69 Å². The van der Waals surface area contributed by atoms with Crippen LogP contribution in [-0.2, 0) is 0 Å². The Bertz CT molecular complexity index is 830. The fourth-order valence-corrected chi connectivity index (χ4v) is 3.36. The Labute approximate surface area is 165 Å². The van der Waals surface area contributed by atoms with Crippen LogP contribution >= 0.6 is 23.2 Å². The molecule has 1 aromatic carbocycles.